The Morgan fingerprint density at radius 2 is 1.96 bits per heavy atom. The molecule has 0 aromatic heterocycles. The predicted octanol–water partition coefficient (Wildman–Crippen LogP) is 4.87. The average Bonchev–Trinajstić information content (AvgIpc) is 2.83. The molecule has 1 N–H and O–H groups in total. The van der Waals surface area contributed by atoms with Gasteiger partial charge in [-0.3, -0.25) is 0 Å². The highest BCUT2D eigenvalue weighted by molar-refractivity contribution is 6.34. The number of aliphatic carboxylic acids is 1. The molecule has 2 aromatic carbocycles. The van der Waals surface area contributed by atoms with Crippen LogP contribution in [-0.2, 0) is 15.1 Å². The Bertz CT molecular complexity index is 876. The van der Waals surface area contributed by atoms with Crippen LogP contribution in [0.5, 0.6) is 0 Å². The number of hydrogen-bond acceptors (Lipinski definition) is 2. The average molecular weight is 369 g/mol. The molecule has 1 aliphatic rings. The van der Waals surface area contributed by atoms with Crippen LogP contribution in [0.25, 0.3) is 17.2 Å². The van der Waals surface area contributed by atoms with E-state index in [0.717, 1.165) is 0 Å². The van der Waals surface area contributed by atoms with E-state index in [2.05, 4.69) is 6.58 Å². The zero-order valence-corrected chi connectivity index (χ0v) is 13.5. The lowest BCUT2D eigenvalue weighted by Gasteiger charge is -2.33. The lowest BCUT2D eigenvalue weighted by molar-refractivity contribution is -0.264. The molecule has 25 heavy (non-hydrogen) atoms. The SMILES string of the molecule is C=Cc1cc(Cl)c2c(c1)[C@@](OCC(=O)O)(C(F)(F)F)c1ccccc1-2. The molecule has 7 heteroatoms. The summed E-state index contributed by atoms with van der Waals surface area (Å²) in [5.41, 5.74) is -2.48. The van der Waals surface area contributed by atoms with Crippen LogP contribution in [0.1, 0.15) is 16.7 Å². The molecule has 1 aliphatic carbocycles. The molecule has 0 radical (unpaired) electrons. The second-order valence-electron chi connectivity index (χ2n) is 5.54. The molecule has 0 saturated heterocycles. The summed E-state index contributed by atoms with van der Waals surface area (Å²) in [6.07, 6.45) is -3.53. The maximum atomic E-state index is 14.2. The minimum Gasteiger partial charge on any atom is -0.480 e. The highest BCUT2D eigenvalue weighted by Crippen LogP contribution is 2.58. The fraction of sp³-hybridized carbons (Fsp3) is 0.167. The molecule has 0 aliphatic heterocycles. The first-order valence-electron chi connectivity index (χ1n) is 7.21. The zero-order valence-electron chi connectivity index (χ0n) is 12.7. The van der Waals surface area contributed by atoms with Crippen LogP contribution in [0.4, 0.5) is 13.2 Å². The number of carboxylic acid groups (broad SMARTS) is 1. The van der Waals surface area contributed by atoms with Crippen molar-refractivity contribution < 1.29 is 27.8 Å². The Kier molecular flexibility index (Phi) is 4.13. The summed E-state index contributed by atoms with van der Waals surface area (Å²) in [7, 11) is 0. The van der Waals surface area contributed by atoms with Crippen molar-refractivity contribution in [1.82, 2.24) is 0 Å². The molecule has 3 rings (SSSR count). The molecule has 130 valence electrons. The lowest BCUT2D eigenvalue weighted by atomic mass is 9.89. The lowest BCUT2D eigenvalue weighted by Crippen LogP contribution is -2.45. The highest BCUT2D eigenvalue weighted by Gasteiger charge is 2.63. The smallest absolute Gasteiger partial charge is 0.426 e. The van der Waals surface area contributed by atoms with E-state index in [1.54, 1.807) is 6.07 Å². The van der Waals surface area contributed by atoms with Gasteiger partial charge in [-0.05, 0) is 23.3 Å². The standard InChI is InChI=1S/C18H12ClF3O3/c1-2-10-7-13-16(14(19)8-10)11-5-3-4-6-12(11)17(13,18(20,21)22)25-9-15(23)24/h2-8H,1,9H2,(H,23,24)/t17-/m1/s1. The largest absolute Gasteiger partial charge is 0.480 e. The summed E-state index contributed by atoms with van der Waals surface area (Å²) in [5, 5.41) is 8.99. The van der Waals surface area contributed by atoms with Crippen molar-refractivity contribution in [3.63, 3.8) is 0 Å². The van der Waals surface area contributed by atoms with Gasteiger partial charge in [0.25, 0.3) is 0 Å². The van der Waals surface area contributed by atoms with Gasteiger partial charge in [0.15, 0.2) is 0 Å². The van der Waals surface area contributed by atoms with Crippen molar-refractivity contribution in [1.29, 1.82) is 0 Å². The quantitative estimate of drug-likeness (QED) is 0.837. The van der Waals surface area contributed by atoms with Gasteiger partial charge in [0.2, 0.25) is 5.60 Å². The van der Waals surface area contributed by atoms with E-state index in [-0.39, 0.29) is 27.3 Å². The van der Waals surface area contributed by atoms with E-state index >= 15 is 0 Å². The van der Waals surface area contributed by atoms with Crippen LogP contribution in [0, 0.1) is 0 Å². The normalized spacial score (nSPS) is 18.6. The molecule has 0 spiro atoms. The van der Waals surface area contributed by atoms with Gasteiger partial charge in [-0.25, -0.2) is 4.79 Å². The Morgan fingerprint density at radius 1 is 1.28 bits per heavy atom. The van der Waals surface area contributed by atoms with Crippen molar-refractivity contribution in [3.8, 4) is 11.1 Å². The van der Waals surface area contributed by atoms with Crippen molar-refractivity contribution in [2.45, 2.75) is 11.8 Å². The number of ether oxygens (including phenoxy) is 1. The van der Waals surface area contributed by atoms with Gasteiger partial charge in [-0.2, -0.15) is 13.2 Å². The molecule has 0 bridgehead atoms. The molecule has 0 amide bonds. The number of alkyl halides is 3. The summed E-state index contributed by atoms with van der Waals surface area (Å²) < 4.78 is 47.6. The second-order valence-corrected chi connectivity index (χ2v) is 5.94. The Hall–Kier alpha value is -2.31. The molecular weight excluding hydrogens is 357 g/mol. The van der Waals surface area contributed by atoms with E-state index < -0.39 is 24.4 Å². The van der Waals surface area contributed by atoms with Crippen LogP contribution in [0.15, 0.2) is 43.0 Å². The fourth-order valence-corrected chi connectivity index (χ4v) is 3.49. The first-order valence-corrected chi connectivity index (χ1v) is 7.59. The number of rotatable bonds is 4. The van der Waals surface area contributed by atoms with Crippen LogP contribution in [0.2, 0.25) is 5.02 Å². The van der Waals surface area contributed by atoms with Gasteiger partial charge >= 0.3 is 12.1 Å². The summed E-state index contributed by atoms with van der Waals surface area (Å²) >= 11 is 6.23. The summed E-state index contributed by atoms with van der Waals surface area (Å²) in [6.45, 7) is 2.45. The third kappa shape index (κ3) is 2.53. The summed E-state index contributed by atoms with van der Waals surface area (Å²) in [4.78, 5) is 10.9. The number of halogens is 4. The van der Waals surface area contributed by atoms with Crippen LogP contribution >= 0.6 is 11.6 Å². The van der Waals surface area contributed by atoms with Crippen molar-refractivity contribution in [2.24, 2.45) is 0 Å². The maximum Gasteiger partial charge on any atom is 0.426 e. The van der Waals surface area contributed by atoms with Gasteiger partial charge in [0.1, 0.15) is 6.61 Å². The first-order chi connectivity index (χ1) is 11.7. The molecular formula is C18H12ClF3O3. The van der Waals surface area contributed by atoms with Crippen molar-refractivity contribution in [2.75, 3.05) is 6.61 Å². The monoisotopic (exact) mass is 368 g/mol. The van der Waals surface area contributed by atoms with Gasteiger partial charge < -0.3 is 9.84 Å². The molecule has 1 atom stereocenters. The van der Waals surface area contributed by atoms with Gasteiger partial charge in [-0.1, -0.05) is 48.5 Å². The Labute approximate surface area is 146 Å². The number of fused-ring (bicyclic) bond motifs is 3. The highest BCUT2D eigenvalue weighted by atomic mass is 35.5. The summed E-state index contributed by atoms with van der Waals surface area (Å²) in [6, 6.07) is 8.60. The maximum absolute atomic E-state index is 14.2. The van der Waals surface area contributed by atoms with Crippen LogP contribution in [0.3, 0.4) is 0 Å². The third-order valence-corrected chi connectivity index (χ3v) is 4.41. The van der Waals surface area contributed by atoms with Crippen molar-refractivity contribution >= 4 is 23.6 Å². The zero-order chi connectivity index (χ0) is 18.4. The van der Waals surface area contributed by atoms with E-state index in [9.17, 15) is 18.0 Å². The number of carboxylic acids is 1. The minimum atomic E-state index is -4.90. The van der Waals surface area contributed by atoms with Crippen LogP contribution < -0.4 is 0 Å². The molecule has 0 unspecified atom stereocenters. The number of carbonyl (C=O) groups is 1. The van der Waals surface area contributed by atoms with Crippen LogP contribution in [-0.4, -0.2) is 23.9 Å². The number of hydrogen-bond donors (Lipinski definition) is 1. The fourth-order valence-electron chi connectivity index (χ4n) is 3.16. The minimum absolute atomic E-state index is 0.116. The van der Waals surface area contributed by atoms with Gasteiger partial charge in [-0.15, -0.1) is 0 Å². The predicted molar refractivity (Wildman–Crippen MR) is 87.4 cm³/mol. The molecule has 2 aromatic rings. The first kappa shape index (κ1) is 17.5. The van der Waals surface area contributed by atoms with E-state index in [0.29, 0.717) is 5.56 Å². The molecule has 0 heterocycles. The van der Waals surface area contributed by atoms with Gasteiger partial charge in [0.05, 0.1) is 0 Å². The summed E-state index contributed by atoms with van der Waals surface area (Å²) in [5.74, 6) is -1.50. The topological polar surface area (TPSA) is 46.5 Å². The van der Waals surface area contributed by atoms with Gasteiger partial charge in [0, 0.05) is 21.7 Å². The van der Waals surface area contributed by atoms with E-state index in [1.165, 1.54) is 36.4 Å². The van der Waals surface area contributed by atoms with E-state index in [1.807, 2.05) is 0 Å². The molecule has 0 saturated carbocycles. The Balaban J connectivity index is 2.41. The number of benzene rings is 2. The Morgan fingerprint density at radius 3 is 2.56 bits per heavy atom. The second kappa shape index (κ2) is 5.89. The molecule has 0 fully saturated rings. The third-order valence-electron chi connectivity index (χ3n) is 4.11. The van der Waals surface area contributed by atoms with Crippen molar-refractivity contribution in [3.05, 3.63) is 64.7 Å². The molecule has 3 nitrogen and oxygen atoms in total. The van der Waals surface area contributed by atoms with E-state index in [4.69, 9.17) is 21.4 Å².